The van der Waals surface area contributed by atoms with Crippen molar-refractivity contribution in [1.29, 1.82) is 0 Å². The Morgan fingerprint density at radius 1 is 1.44 bits per heavy atom. The van der Waals surface area contributed by atoms with Crippen LogP contribution in [0.3, 0.4) is 0 Å². The molecule has 0 aliphatic carbocycles. The summed E-state index contributed by atoms with van der Waals surface area (Å²) in [5.41, 5.74) is 0.514. The number of rotatable bonds is 4. The molecule has 0 spiro atoms. The van der Waals surface area contributed by atoms with E-state index in [0.717, 1.165) is 3.57 Å². The largest absolute Gasteiger partial charge is 0.466 e. The molecule has 1 aromatic rings. The summed E-state index contributed by atoms with van der Waals surface area (Å²) in [5, 5.41) is 0. The number of carbonyl (C=O) groups is 2. The van der Waals surface area contributed by atoms with E-state index in [1.807, 2.05) is 6.07 Å². The molecule has 0 aliphatic heterocycles. The molecule has 0 atom stereocenters. The van der Waals surface area contributed by atoms with Crippen molar-refractivity contribution in [3.05, 3.63) is 31.8 Å². The van der Waals surface area contributed by atoms with Crippen molar-refractivity contribution in [1.82, 2.24) is 0 Å². The zero-order chi connectivity index (χ0) is 12.1. The Hall–Kier alpha value is -0.430. The number of benzene rings is 1. The minimum Gasteiger partial charge on any atom is -0.466 e. The van der Waals surface area contributed by atoms with Gasteiger partial charge in [0.25, 0.3) is 0 Å². The van der Waals surface area contributed by atoms with Crippen LogP contribution in [0.15, 0.2) is 22.7 Å². The van der Waals surface area contributed by atoms with Gasteiger partial charge in [-0.3, -0.25) is 9.59 Å². The van der Waals surface area contributed by atoms with Crippen molar-refractivity contribution in [3.63, 3.8) is 0 Å². The Labute approximate surface area is 116 Å². The fourth-order valence-corrected chi connectivity index (χ4v) is 2.11. The highest BCUT2D eigenvalue weighted by Gasteiger charge is 2.15. The van der Waals surface area contributed by atoms with Crippen LogP contribution in [-0.4, -0.2) is 18.4 Å². The van der Waals surface area contributed by atoms with Gasteiger partial charge in [0.2, 0.25) is 0 Å². The number of ketones is 1. The van der Waals surface area contributed by atoms with Gasteiger partial charge in [-0.05, 0) is 47.7 Å². The summed E-state index contributed by atoms with van der Waals surface area (Å²) in [5.74, 6) is -0.720. The SMILES string of the molecule is CCOC(=O)CC(=O)c1cc(I)ccc1Br. The van der Waals surface area contributed by atoms with Gasteiger partial charge in [0.1, 0.15) is 6.42 Å². The molecule has 0 saturated carbocycles. The highest BCUT2D eigenvalue weighted by atomic mass is 127. The minimum atomic E-state index is -0.488. The Kier molecular flexibility index (Phi) is 5.40. The van der Waals surface area contributed by atoms with Crippen LogP contribution in [0.5, 0.6) is 0 Å². The number of hydrogen-bond acceptors (Lipinski definition) is 3. The summed E-state index contributed by atoms with van der Waals surface area (Å²) in [4.78, 5) is 22.9. The predicted molar refractivity (Wildman–Crippen MR) is 72.4 cm³/mol. The summed E-state index contributed by atoms with van der Waals surface area (Å²) in [7, 11) is 0. The van der Waals surface area contributed by atoms with E-state index in [1.54, 1.807) is 19.1 Å². The van der Waals surface area contributed by atoms with E-state index in [1.165, 1.54) is 0 Å². The first kappa shape index (κ1) is 13.6. The van der Waals surface area contributed by atoms with Crippen LogP contribution < -0.4 is 0 Å². The van der Waals surface area contributed by atoms with E-state index in [2.05, 4.69) is 38.5 Å². The monoisotopic (exact) mass is 396 g/mol. The standard InChI is InChI=1S/C11H10BrIO3/c1-2-16-11(15)6-10(14)8-5-7(13)3-4-9(8)12/h3-5H,2,6H2,1H3. The molecule has 0 aromatic heterocycles. The summed E-state index contributed by atoms with van der Waals surface area (Å²) >= 11 is 5.40. The summed E-state index contributed by atoms with van der Waals surface area (Å²) in [6.07, 6.45) is -0.216. The van der Waals surface area contributed by atoms with Crippen molar-refractivity contribution < 1.29 is 14.3 Å². The number of Topliss-reactive ketones (excluding diaryl/α,β-unsaturated/α-hetero) is 1. The zero-order valence-electron chi connectivity index (χ0n) is 8.63. The van der Waals surface area contributed by atoms with Gasteiger partial charge in [0, 0.05) is 13.6 Å². The first-order chi connectivity index (χ1) is 7.54. The van der Waals surface area contributed by atoms with Crippen LogP contribution in [0.1, 0.15) is 23.7 Å². The lowest BCUT2D eigenvalue weighted by atomic mass is 10.1. The first-order valence-corrected chi connectivity index (χ1v) is 6.55. The molecule has 1 aromatic carbocycles. The van der Waals surface area contributed by atoms with Gasteiger partial charge < -0.3 is 4.74 Å². The van der Waals surface area contributed by atoms with Crippen LogP contribution in [0.25, 0.3) is 0 Å². The molecule has 16 heavy (non-hydrogen) atoms. The molecule has 0 amide bonds. The van der Waals surface area contributed by atoms with Gasteiger partial charge in [0.05, 0.1) is 6.61 Å². The fourth-order valence-electron chi connectivity index (χ4n) is 1.15. The van der Waals surface area contributed by atoms with Gasteiger partial charge >= 0.3 is 5.97 Å². The van der Waals surface area contributed by atoms with Crippen molar-refractivity contribution in [2.75, 3.05) is 6.61 Å². The summed E-state index contributed by atoms with van der Waals surface area (Å²) in [6.45, 7) is 2.00. The topological polar surface area (TPSA) is 43.4 Å². The fraction of sp³-hybridized carbons (Fsp3) is 0.273. The van der Waals surface area contributed by atoms with E-state index in [9.17, 15) is 9.59 Å². The lowest BCUT2D eigenvalue weighted by Crippen LogP contribution is -2.11. The van der Waals surface area contributed by atoms with Gasteiger partial charge in [-0.25, -0.2) is 0 Å². The maximum atomic E-state index is 11.8. The average Bonchev–Trinajstić information content (AvgIpc) is 2.21. The van der Waals surface area contributed by atoms with E-state index >= 15 is 0 Å². The first-order valence-electron chi connectivity index (χ1n) is 4.68. The van der Waals surface area contributed by atoms with E-state index < -0.39 is 5.97 Å². The zero-order valence-corrected chi connectivity index (χ0v) is 12.4. The lowest BCUT2D eigenvalue weighted by Gasteiger charge is -2.04. The van der Waals surface area contributed by atoms with Crippen molar-refractivity contribution in [3.8, 4) is 0 Å². The molecule has 3 nitrogen and oxygen atoms in total. The highest BCUT2D eigenvalue weighted by molar-refractivity contribution is 14.1. The second kappa shape index (κ2) is 6.34. The number of esters is 1. The van der Waals surface area contributed by atoms with Gasteiger partial charge in [-0.2, -0.15) is 0 Å². The molecular weight excluding hydrogens is 387 g/mol. The summed E-state index contributed by atoms with van der Waals surface area (Å²) in [6, 6.07) is 5.41. The Morgan fingerprint density at radius 2 is 2.12 bits per heavy atom. The van der Waals surface area contributed by atoms with Crippen molar-refractivity contribution >= 4 is 50.3 Å². The molecular formula is C11H10BrIO3. The van der Waals surface area contributed by atoms with Crippen LogP contribution in [0.4, 0.5) is 0 Å². The molecule has 0 aliphatic rings. The second-order valence-corrected chi connectivity index (χ2v) is 5.13. The van der Waals surface area contributed by atoms with Crippen LogP contribution >= 0.6 is 38.5 Å². The number of hydrogen-bond donors (Lipinski definition) is 0. The van der Waals surface area contributed by atoms with Crippen LogP contribution in [0, 0.1) is 3.57 Å². The van der Waals surface area contributed by atoms with Gasteiger partial charge in [-0.15, -0.1) is 0 Å². The Bertz CT molecular complexity index is 418. The quantitative estimate of drug-likeness (QED) is 0.340. The highest BCUT2D eigenvalue weighted by Crippen LogP contribution is 2.21. The van der Waals surface area contributed by atoms with E-state index in [4.69, 9.17) is 4.74 Å². The number of carbonyl (C=O) groups excluding carboxylic acids is 2. The molecule has 5 heteroatoms. The molecule has 0 fully saturated rings. The number of halogens is 2. The average molecular weight is 397 g/mol. The van der Waals surface area contributed by atoms with Gasteiger partial charge in [-0.1, -0.05) is 15.9 Å². The summed E-state index contributed by atoms with van der Waals surface area (Å²) < 4.78 is 6.38. The predicted octanol–water partition coefficient (Wildman–Crippen LogP) is 3.19. The van der Waals surface area contributed by atoms with Gasteiger partial charge in [0.15, 0.2) is 5.78 Å². The minimum absolute atomic E-state index is 0.216. The molecule has 0 heterocycles. The lowest BCUT2D eigenvalue weighted by molar-refractivity contribution is -0.141. The van der Waals surface area contributed by atoms with Crippen molar-refractivity contribution in [2.24, 2.45) is 0 Å². The smallest absolute Gasteiger partial charge is 0.313 e. The molecule has 0 saturated heterocycles. The number of ether oxygens (including phenoxy) is 1. The maximum absolute atomic E-state index is 11.8. The molecule has 86 valence electrons. The molecule has 1 rings (SSSR count). The molecule has 0 unspecified atom stereocenters. The normalized spacial score (nSPS) is 9.94. The maximum Gasteiger partial charge on any atom is 0.313 e. The van der Waals surface area contributed by atoms with E-state index in [-0.39, 0.29) is 12.2 Å². The third-order valence-electron chi connectivity index (χ3n) is 1.84. The molecule has 0 radical (unpaired) electrons. The molecule has 0 N–H and O–H groups in total. The van der Waals surface area contributed by atoms with Crippen LogP contribution in [-0.2, 0) is 9.53 Å². The van der Waals surface area contributed by atoms with Crippen molar-refractivity contribution in [2.45, 2.75) is 13.3 Å². The second-order valence-electron chi connectivity index (χ2n) is 3.03. The molecule has 0 bridgehead atoms. The van der Waals surface area contributed by atoms with E-state index in [0.29, 0.717) is 16.6 Å². The third kappa shape index (κ3) is 3.86. The Balaban J connectivity index is 2.80. The third-order valence-corrected chi connectivity index (χ3v) is 3.20. The Morgan fingerprint density at radius 3 is 2.75 bits per heavy atom. The van der Waals surface area contributed by atoms with Crippen LogP contribution in [0.2, 0.25) is 0 Å².